The minimum atomic E-state index is -0.516. The highest BCUT2D eigenvalue weighted by Gasteiger charge is 2.24. The van der Waals surface area contributed by atoms with Crippen molar-refractivity contribution < 1.29 is 14.4 Å². The van der Waals surface area contributed by atoms with Crippen LogP contribution in [-0.4, -0.2) is 28.1 Å². The fourth-order valence-corrected chi connectivity index (χ4v) is 2.35. The van der Waals surface area contributed by atoms with Gasteiger partial charge in [-0.2, -0.15) is 0 Å². The molecular formula is C13H10ClN3O4. The third kappa shape index (κ3) is 2.47. The topological polar surface area (TPSA) is 87.4 Å². The average molecular weight is 308 g/mol. The van der Waals surface area contributed by atoms with E-state index in [4.69, 9.17) is 21.1 Å². The molecule has 1 aromatic carbocycles. The summed E-state index contributed by atoms with van der Waals surface area (Å²) in [6, 6.07) is 5.02. The van der Waals surface area contributed by atoms with Crippen molar-refractivity contribution >= 4 is 17.3 Å². The van der Waals surface area contributed by atoms with Crippen LogP contribution in [0.1, 0.15) is 5.69 Å². The molecule has 0 unspecified atom stereocenters. The number of aromatic nitrogens is 2. The van der Waals surface area contributed by atoms with Crippen LogP contribution in [0.2, 0.25) is 5.28 Å². The van der Waals surface area contributed by atoms with Gasteiger partial charge in [-0.05, 0) is 36.7 Å². The summed E-state index contributed by atoms with van der Waals surface area (Å²) >= 11 is 5.82. The first-order valence-corrected chi connectivity index (χ1v) is 6.52. The van der Waals surface area contributed by atoms with Crippen LogP contribution in [0.3, 0.4) is 0 Å². The SMILES string of the molecule is Cc1nc(Cl)nc(-c2ccc3c(c2)OCCO3)c1[N+](=O)[O-]. The normalized spacial score (nSPS) is 13.0. The van der Waals surface area contributed by atoms with Crippen molar-refractivity contribution in [1.29, 1.82) is 0 Å². The molecule has 0 spiro atoms. The Hall–Kier alpha value is -2.41. The molecule has 0 saturated heterocycles. The molecule has 0 bridgehead atoms. The molecule has 21 heavy (non-hydrogen) atoms. The summed E-state index contributed by atoms with van der Waals surface area (Å²) in [5, 5.41) is 11.2. The van der Waals surface area contributed by atoms with Crippen molar-refractivity contribution in [2.45, 2.75) is 6.92 Å². The second kappa shape index (κ2) is 5.17. The highest BCUT2D eigenvalue weighted by atomic mass is 35.5. The quantitative estimate of drug-likeness (QED) is 0.481. The molecule has 8 heteroatoms. The molecule has 0 N–H and O–H groups in total. The molecule has 7 nitrogen and oxygen atoms in total. The van der Waals surface area contributed by atoms with Crippen LogP contribution in [0.15, 0.2) is 18.2 Å². The molecule has 2 heterocycles. The van der Waals surface area contributed by atoms with Crippen LogP contribution in [0, 0.1) is 17.0 Å². The smallest absolute Gasteiger partial charge is 0.316 e. The highest BCUT2D eigenvalue weighted by Crippen LogP contribution is 2.37. The number of aryl methyl sites for hydroxylation is 1. The molecular weight excluding hydrogens is 298 g/mol. The molecule has 0 fully saturated rings. The first-order chi connectivity index (χ1) is 10.1. The fourth-order valence-electron chi connectivity index (χ4n) is 2.14. The van der Waals surface area contributed by atoms with Gasteiger partial charge in [-0.3, -0.25) is 10.1 Å². The van der Waals surface area contributed by atoms with Gasteiger partial charge in [-0.1, -0.05) is 0 Å². The second-order valence-electron chi connectivity index (χ2n) is 4.39. The van der Waals surface area contributed by atoms with Crippen molar-refractivity contribution in [3.05, 3.63) is 39.3 Å². The van der Waals surface area contributed by atoms with Crippen molar-refractivity contribution in [2.24, 2.45) is 0 Å². The van der Waals surface area contributed by atoms with E-state index in [9.17, 15) is 10.1 Å². The molecule has 0 amide bonds. The lowest BCUT2D eigenvalue weighted by atomic mass is 10.1. The summed E-state index contributed by atoms with van der Waals surface area (Å²) in [5.41, 5.74) is 0.730. The van der Waals surface area contributed by atoms with E-state index in [1.165, 1.54) is 6.92 Å². The minimum Gasteiger partial charge on any atom is -0.486 e. The molecule has 1 aliphatic rings. The van der Waals surface area contributed by atoms with Gasteiger partial charge in [-0.25, -0.2) is 9.97 Å². The molecule has 0 atom stereocenters. The van der Waals surface area contributed by atoms with Gasteiger partial charge in [0.1, 0.15) is 18.9 Å². The average Bonchev–Trinajstić information content (AvgIpc) is 2.45. The maximum absolute atomic E-state index is 11.2. The summed E-state index contributed by atoms with van der Waals surface area (Å²) in [7, 11) is 0. The molecule has 2 aromatic rings. The zero-order valence-electron chi connectivity index (χ0n) is 11.0. The van der Waals surface area contributed by atoms with Gasteiger partial charge in [0.2, 0.25) is 5.28 Å². The van der Waals surface area contributed by atoms with Crippen molar-refractivity contribution in [2.75, 3.05) is 13.2 Å². The van der Waals surface area contributed by atoms with E-state index < -0.39 is 4.92 Å². The number of ether oxygens (including phenoxy) is 2. The van der Waals surface area contributed by atoms with Crippen LogP contribution in [0.4, 0.5) is 5.69 Å². The monoisotopic (exact) mass is 307 g/mol. The Balaban J connectivity index is 2.18. The highest BCUT2D eigenvalue weighted by molar-refractivity contribution is 6.28. The van der Waals surface area contributed by atoms with Crippen LogP contribution in [0.25, 0.3) is 11.3 Å². The predicted octanol–water partition coefficient (Wildman–Crippen LogP) is 2.78. The van der Waals surface area contributed by atoms with E-state index in [1.807, 2.05) is 0 Å². The molecule has 0 saturated carbocycles. The van der Waals surface area contributed by atoms with Gasteiger partial charge in [0, 0.05) is 5.56 Å². The Morgan fingerprint density at radius 2 is 1.95 bits per heavy atom. The number of hydrogen-bond donors (Lipinski definition) is 0. The largest absolute Gasteiger partial charge is 0.486 e. The lowest BCUT2D eigenvalue weighted by Gasteiger charge is -2.18. The second-order valence-corrected chi connectivity index (χ2v) is 4.73. The third-order valence-electron chi connectivity index (χ3n) is 3.03. The lowest BCUT2D eigenvalue weighted by molar-refractivity contribution is -0.385. The Kier molecular flexibility index (Phi) is 3.34. The van der Waals surface area contributed by atoms with E-state index in [0.29, 0.717) is 30.3 Å². The maximum atomic E-state index is 11.2. The number of nitrogens with zero attached hydrogens (tertiary/aromatic N) is 3. The molecule has 3 rings (SSSR count). The number of fused-ring (bicyclic) bond motifs is 1. The van der Waals surface area contributed by atoms with Crippen LogP contribution in [0.5, 0.6) is 11.5 Å². The maximum Gasteiger partial charge on any atom is 0.316 e. The van der Waals surface area contributed by atoms with Crippen LogP contribution < -0.4 is 9.47 Å². The van der Waals surface area contributed by atoms with Crippen molar-refractivity contribution in [3.63, 3.8) is 0 Å². The summed E-state index contributed by atoms with van der Waals surface area (Å²) in [4.78, 5) is 18.5. The zero-order chi connectivity index (χ0) is 15.0. The Morgan fingerprint density at radius 3 is 2.67 bits per heavy atom. The summed E-state index contributed by atoms with van der Waals surface area (Å²) < 4.78 is 10.9. The summed E-state index contributed by atoms with van der Waals surface area (Å²) in [5.74, 6) is 1.13. The molecule has 1 aromatic heterocycles. The molecule has 0 aliphatic carbocycles. The van der Waals surface area contributed by atoms with Gasteiger partial charge in [0.25, 0.3) is 0 Å². The standard InChI is InChI=1S/C13H10ClN3O4/c1-7-12(17(18)19)11(16-13(14)15-7)8-2-3-9-10(6-8)21-5-4-20-9/h2-3,6H,4-5H2,1H3. The predicted molar refractivity (Wildman–Crippen MR) is 74.9 cm³/mol. The van der Waals surface area contributed by atoms with Gasteiger partial charge < -0.3 is 9.47 Å². The van der Waals surface area contributed by atoms with Gasteiger partial charge in [-0.15, -0.1) is 0 Å². The van der Waals surface area contributed by atoms with E-state index in [1.54, 1.807) is 18.2 Å². The van der Waals surface area contributed by atoms with Gasteiger partial charge in [0.05, 0.1) is 4.92 Å². The first kappa shape index (κ1) is 13.6. The minimum absolute atomic E-state index is 0.0389. The summed E-state index contributed by atoms with van der Waals surface area (Å²) in [6.45, 7) is 2.43. The number of halogens is 1. The zero-order valence-corrected chi connectivity index (χ0v) is 11.8. The van der Waals surface area contributed by atoms with Crippen molar-refractivity contribution in [1.82, 2.24) is 9.97 Å². The van der Waals surface area contributed by atoms with Crippen molar-refractivity contribution in [3.8, 4) is 22.8 Å². The van der Waals surface area contributed by atoms with Crippen LogP contribution >= 0.6 is 11.6 Å². The number of nitro groups is 1. The number of benzene rings is 1. The molecule has 1 aliphatic heterocycles. The number of rotatable bonds is 2. The molecule has 0 radical (unpaired) electrons. The fraction of sp³-hybridized carbons (Fsp3) is 0.231. The first-order valence-electron chi connectivity index (χ1n) is 6.15. The molecule has 108 valence electrons. The number of hydrogen-bond acceptors (Lipinski definition) is 6. The van der Waals surface area contributed by atoms with E-state index >= 15 is 0 Å². The Morgan fingerprint density at radius 1 is 1.24 bits per heavy atom. The van der Waals surface area contributed by atoms with E-state index in [-0.39, 0.29) is 22.4 Å². The van der Waals surface area contributed by atoms with E-state index in [2.05, 4.69) is 9.97 Å². The van der Waals surface area contributed by atoms with E-state index in [0.717, 1.165) is 0 Å². The van der Waals surface area contributed by atoms with Crippen LogP contribution in [-0.2, 0) is 0 Å². The van der Waals surface area contributed by atoms with Gasteiger partial charge in [0.15, 0.2) is 17.2 Å². The Labute approximate surface area is 124 Å². The third-order valence-corrected chi connectivity index (χ3v) is 3.20. The van der Waals surface area contributed by atoms with Gasteiger partial charge >= 0.3 is 5.69 Å². The Bertz CT molecular complexity index is 736. The summed E-state index contributed by atoms with van der Waals surface area (Å²) in [6.07, 6.45) is 0. The lowest BCUT2D eigenvalue weighted by Crippen LogP contribution is -2.15.